The molecule has 0 bridgehead atoms. The first-order valence-corrected chi connectivity index (χ1v) is 12.9. The zero-order valence-electron chi connectivity index (χ0n) is 22.2. The Bertz CT molecular complexity index is 1230. The molecule has 0 spiro atoms. The topological polar surface area (TPSA) is 66.0 Å². The number of rotatable bonds is 8. The normalized spacial score (nSPS) is 10.1. The van der Waals surface area contributed by atoms with Gasteiger partial charge in [0.15, 0.2) is 5.65 Å². The summed E-state index contributed by atoms with van der Waals surface area (Å²) in [7, 11) is 0. The monoisotopic (exact) mass is 487 g/mol. The number of aromatic nitrogens is 3. The summed E-state index contributed by atoms with van der Waals surface area (Å²) < 4.78 is 15.2. The van der Waals surface area contributed by atoms with Crippen LogP contribution in [0.1, 0.15) is 64.5 Å². The van der Waals surface area contributed by atoms with Crippen LogP contribution in [0.15, 0.2) is 61.1 Å². The lowest BCUT2D eigenvalue weighted by molar-refractivity contribution is 0.611. The predicted molar refractivity (Wildman–Crippen MR) is 147 cm³/mol. The van der Waals surface area contributed by atoms with E-state index in [4.69, 9.17) is 5.26 Å². The smallest absolute Gasteiger partial charge is 0.162 e. The molecule has 0 radical (unpaired) electrons. The first-order valence-electron chi connectivity index (χ1n) is 12.9. The number of fused-ring (bicyclic) bond motifs is 1. The molecule has 0 amide bonds. The third-order valence-corrected chi connectivity index (χ3v) is 5.52. The van der Waals surface area contributed by atoms with E-state index in [2.05, 4.69) is 41.4 Å². The van der Waals surface area contributed by atoms with E-state index in [1.807, 2.05) is 45.2 Å². The molecular formula is C30H38FN5. The number of hydrogen-bond donors (Lipinski definition) is 1. The average Bonchev–Trinajstić information content (AvgIpc) is 3.34. The maximum absolute atomic E-state index is 13.5. The second-order valence-corrected chi connectivity index (χ2v) is 8.30. The third-order valence-electron chi connectivity index (χ3n) is 5.52. The van der Waals surface area contributed by atoms with Crippen molar-refractivity contribution in [2.45, 2.75) is 60.3 Å². The fourth-order valence-corrected chi connectivity index (χ4v) is 3.55. The fourth-order valence-electron chi connectivity index (χ4n) is 3.55. The van der Waals surface area contributed by atoms with Gasteiger partial charge in [-0.15, -0.1) is 0 Å². The molecule has 4 aromatic rings. The van der Waals surface area contributed by atoms with Crippen molar-refractivity contribution in [2.24, 2.45) is 0 Å². The van der Waals surface area contributed by atoms with Crippen LogP contribution in [0.25, 0.3) is 27.9 Å². The molecule has 0 atom stereocenters. The van der Waals surface area contributed by atoms with Crippen molar-refractivity contribution < 1.29 is 4.39 Å². The summed E-state index contributed by atoms with van der Waals surface area (Å²) in [6.07, 6.45) is 10.7. The number of unbranched alkanes of at least 4 members (excludes halogenated alkanes) is 2. The third kappa shape index (κ3) is 8.00. The van der Waals surface area contributed by atoms with Crippen LogP contribution in [0.4, 0.5) is 4.39 Å². The van der Waals surface area contributed by atoms with Crippen LogP contribution in [0.3, 0.4) is 0 Å². The molecule has 0 fully saturated rings. The summed E-state index contributed by atoms with van der Waals surface area (Å²) in [5.41, 5.74) is 5.35. The van der Waals surface area contributed by atoms with Crippen molar-refractivity contribution in [1.29, 1.82) is 5.26 Å². The summed E-state index contributed by atoms with van der Waals surface area (Å²) >= 11 is 0. The molecule has 0 aliphatic heterocycles. The number of aryl methyl sites for hydroxylation is 1. The molecular weight excluding hydrogens is 449 g/mol. The van der Waals surface area contributed by atoms with Gasteiger partial charge in [-0.05, 0) is 56.1 Å². The largest absolute Gasteiger partial charge is 0.317 e. The Morgan fingerprint density at radius 3 is 2.31 bits per heavy atom. The van der Waals surface area contributed by atoms with Crippen LogP contribution >= 0.6 is 0 Å². The molecule has 190 valence electrons. The maximum atomic E-state index is 13.5. The van der Waals surface area contributed by atoms with E-state index >= 15 is 0 Å². The Hall–Kier alpha value is -3.56. The van der Waals surface area contributed by atoms with Gasteiger partial charge in [0.2, 0.25) is 0 Å². The molecule has 0 unspecified atom stereocenters. The standard InChI is InChI=1S/C20H13FN4.C8H19N.C2H6/c1-13-2-4-14(5-3-13)17-10-23-20-18(11-24-25(20)12-17)15-6-7-19(21)16(8-15)9-22;1-3-5-6-8-9-7-4-2;1-2/h2-8,10-12H,1H3;9H,3-8H2,1-2H3;1-2H3. The first-order chi connectivity index (χ1) is 17.6. The summed E-state index contributed by atoms with van der Waals surface area (Å²) in [5.74, 6) is -0.530. The Kier molecular flexibility index (Phi) is 12.3. The van der Waals surface area contributed by atoms with E-state index < -0.39 is 5.82 Å². The molecule has 1 N–H and O–H groups in total. The van der Waals surface area contributed by atoms with Crippen molar-refractivity contribution in [3.8, 4) is 28.3 Å². The van der Waals surface area contributed by atoms with Gasteiger partial charge in [0.25, 0.3) is 0 Å². The van der Waals surface area contributed by atoms with Crippen molar-refractivity contribution in [3.63, 3.8) is 0 Å². The molecule has 6 heteroatoms. The van der Waals surface area contributed by atoms with Crippen LogP contribution in [0.5, 0.6) is 0 Å². The Morgan fingerprint density at radius 2 is 1.64 bits per heavy atom. The molecule has 0 saturated carbocycles. The van der Waals surface area contributed by atoms with E-state index in [-0.39, 0.29) is 5.56 Å². The zero-order chi connectivity index (χ0) is 26.3. The lowest BCUT2D eigenvalue weighted by atomic mass is 10.1. The zero-order valence-corrected chi connectivity index (χ0v) is 22.2. The second kappa shape index (κ2) is 15.4. The Morgan fingerprint density at radius 1 is 0.917 bits per heavy atom. The van der Waals surface area contributed by atoms with E-state index in [0.29, 0.717) is 11.2 Å². The van der Waals surface area contributed by atoms with Gasteiger partial charge >= 0.3 is 0 Å². The van der Waals surface area contributed by atoms with Gasteiger partial charge in [0.05, 0.1) is 11.8 Å². The molecule has 0 aliphatic carbocycles. The van der Waals surface area contributed by atoms with E-state index in [9.17, 15) is 4.39 Å². The van der Waals surface area contributed by atoms with Gasteiger partial charge in [0, 0.05) is 23.5 Å². The van der Waals surface area contributed by atoms with Crippen LogP contribution < -0.4 is 5.32 Å². The molecule has 5 nitrogen and oxygen atoms in total. The van der Waals surface area contributed by atoms with Gasteiger partial charge in [-0.2, -0.15) is 10.4 Å². The number of nitrogens with zero attached hydrogens (tertiary/aromatic N) is 4. The summed E-state index contributed by atoms with van der Waals surface area (Å²) in [6.45, 7) is 12.9. The Labute approximate surface area is 215 Å². The van der Waals surface area contributed by atoms with Gasteiger partial charge in [-0.25, -0.2) is 13.9 Å². The van der Waals surface area contributed by atoms with Crippen LogP contribution in [-0.4, -0.2) is 27.7 Å². The summed E-state index contributed by atoms with van der Waals surface area (Å²) in [4.78, 5) is 4.52. The molecule has 0 aliphatic rings. The quantitative estimate of drug-likeness (QED) is 0.260. The number of hydrogen-bond acceptors (Lipinski definition) is 4. The second-order valence-electron chi connectivity index (χ2n) is 8.30. The van der Waals surface area contributed by atoms with E-state index in [0.717, 1.165) is 16.7 Å². The number of nitrogens with one attached hydrogen (secondary N) is 1. The molecule has 36 heavy (non-hydrogen) atoms. The van der Waals surface area contributed by atoms with Crippen LogP contribution in [0.2, 0.25) is 0 Å². The van der Waals surface area contributed by atoms with Gasteiger partial charge in [-0.1, -0.05) is 76.4 Å². The highest BCUT2D eigenvalue weighted by Gasteiger charge is 2.11. The highest BCUT2D eigenvalue weighted by atomic mass is 19.1. The van der Waals surface area contributed by atoms with Crippen molar-refractivity contribution in [1.82, 2.24) is 19.9 Å². The highest BCUT2D eigenvalue weighted by molar-refractivity contribution is 5.78. The molecule has 2 aromatic heterocycles. The van der Waals surface area contributed by atoms with Crippen molar-refractivity contribution in [3.05, 3.63) is 78.0 Å². The number of nitriles is 1. The minimum Gasteiger partial charge on any atom is -0.317 e. The van der Waals surface area contributed by atoms with Gasteiger partial charge in [-0.3, -0.25) is 0 Å². The molecule has 2 aromatic carbocycles. The highest BCUT2D eigenvalue weighted by Crippen LogP contribution is 2.27. The number of benzene rings is 2. The van der Waals surface area contributed by atoms with E-state index in [1.54, 1.807) is 23.0 Å². The van der Waals surface area contributed by atoms with Crippen LogP contribution in [-0.2, 0) is 0 Å². The minimum atomic E-state index is -0.530. The predicted octanol–water partition coefficient (Wildman–Crippen LogP) is 7.58. The van der Waals surface area contributed by atoms with Crippen molar-refractivity contribution >= 4 is 5.65 Å². The van der Waals surface area contributed by atoms with Crippen LogP contribution in [0, 0.1) is 24.1 Å². The molecule has 0 saturated heterocycles. The average molecular weight is 488 g/mol. The van der Waals surface area contributed by atoms with Crippen molar-refractivity contribution in [2.75, 3.05) is 13.1 Å². The Balaban J connectivity index is 0.000000354. The molecule has 2 heterocycles. The number of halogens is 1. The van der Waals surface area contributed by atoms with E-state index in [1.165, 1.54) is 56.5 Å². The minimum absolute atomic E-state index is 0.00752. The lowest BCUT2D eigenvalue weighted by Crippen LogP contribution is -2.15. The fraction of sp³-hybridized carbons (Fsp3) is 0.367. The van der Waals surface area contributed by atoms with Gasteiger partial charge < -0.3 is 5.32 Å². The lowest BCUT2D eigenvalue weighted by Gasteiger charge is -2.04. The molecule has 4 rings (SSSR count). The SMILES string of the molecule is CC.CCCCCNCCC.Cc1ccc(-c2cnc3c(-c4ccc(F)c(C#N)c4)cnn3c2)cc1. The van der Waals surface area contributed by atoms with Gasteiger partial charge in [0.1, 0.15) is 11.9 Å². The summed E-state index contributed by atoms with van der Waals surface area (Å²) in [6, 6.07) is 14.5. The maximum Gasteiger partial charge on any atom is 0.162 e. The first kappa shape index (κ1) is 28.7. The summed E-state index contributed by atoms with van der Waals surface area (Å²) in [5, 5.41) is 16.7.